The Kier molecular flexibility index (Phi) is 4.34. The Morgan fingerprint density at radius 2 is 1.80 bits per heavy atom. The predicted octanol–water partition coefficient (Wildman–Crippen LogP) is 3.61. The van der Waals surface area contributed by atoms with Crippen LogP contribution < -0.4 is 14.8 Å². The molecule has 0 aliphatic heterocycles. The molecule has 1 aromatic heterocycles. The van der Waals surface area contributed by atoms with Crippen LogP contribution in [0.5, 0.6) is 11.5 Å². The van der Waals surface area contributed by atoms with Crippen LogP contribution in [0.25, 0.3) is 10.9 Å². The number of nitro groups is 1. The van der Waals surface area contributed by atoms with Crippen molar-refractivity contribution in [1.29, 1.82) is 0 Å². The van der Waals surface area contributed by atoms with Crippen LogP contribution in [0.2, 0.25) is 0 Å². The van der Waals surface area contributed by atoms with Gasteiger partial charge in [0.15, 0.2) is 11.5 Å². The summed E-state index contributed by atoms with van der Waals surface area (Å²) in [5.41, 5.74) is 1.32. The lowest BCUT2D eigenvalue weighted by Gasteiger charge is -2.12. The van der Waals surface area contributed by atoms with Gasteiger partial charge in [-0.05, 0) is 25.1 Å². The van der Waals surface area contributed by atoms with Crippen LogP contribution in [0.1, 0.15) is 5.82 Å². The van der Waals surface area contributed by atoms with Gasteiger partial charge in [0.1, 0.15) is 11.6 Å². The predicted molar refractivity (Wildman–Crippen MR) is 93.8 cm³/mol. The first-order chi connectivity index (χ1) is 12.0. The van der Waals surface area contributed by atoms with E-state index in [2.05, 4.69) is 15.3 Å². The lowest BCUT2D eigenvalue weighted by atomic mass is 10.2. The third-order valence-electron chi connectivity index (χ3n) is 3.65. The normalized spacial score (nSPS) is 10.5. The molecule has 0 spiro atoms. The number of nitrogens with one attached hydrogen (secondary N) is 1. The SMILES string of the molecule is COc1ccc(Nc2nc(C)nc3ccc([N+](=O)[O-])cc23)cc1OC. The van der Waals surface area contributed by atoms with Crippen molar-refractivity contribution in [2.75, 3.05) is 19.5 Å². The maximum absolute atomic E-state index is 11.0. The number of nitro benzene ring substituents is 1. The highest BCUT2D eigenvalue weighted by atomic mass is 16.6. The smallest absolute Gasteiger partial charge is 0.270 e. The van der Waals surface area contributed by atoms with Gasteiger partial charge in [-0.2, -0.15) is 0 Å². The van der Waals surface area contributed by atoms with Crippen molar-refractivity contribution < 1.29 is 14.4 Å². The molecule has 3 rings (SSSR count). The Hall–Kier alpha value is -3.42. The van der Waals surface area contributed by atoms with Crippen molar-refractivity contribution in [2.45, 2.75) is 6.92 Å². The number of nitrogens with zero attached hydrogens (tertiary/aromatic N) is 3. The van der Waals surface area contributed by atoms with E-state index in [1.54, 1.807) is 39.3 Å². The van der Waals surface area contributed by atoms with Crippen LogP contribution in [-0.2, 0) is 0 Å². The first-order valence-corrected chi connectivity index (χ1v) is 7.43. The van der Waals surface area contributed by atoms with E-state index in [4.69, 9.17) is 9.47 Å². The third-order valence-corrected chi connectivity index (χ3v) is 3.65. The highest BCUT2D eigenvalue weighted by Gasteiger charge is 2.13. The standard InChI is InChI=1S/C17H16N4O4/c1-10-18-14-6-5-12(21(22)23)9-13(14)17(19-10)20-11-4-7-15(24-2)16(8-11)25-3/h4-9H,1-3H3,(H,18,19,20). The van der Waals surface area contributed by atoms with Gasteiger partial charge in [-0.25, -0.2) is 9.97 Å². The summed E-state index contributed by atoms with van der Waals surface area (Å²) in [4.78, 5) is 19.3. The maximum Gasteiger partial charge on any atom is 0.270 e. The number of aromatic nitrogens is 2. The number of anilines is 2. The van der Waals surface area contributed by atoms with Gasteiger partial charge in [-0.3, -0.25) is 10.1 Å². The topological polar surface area (TPSA) is 99.4 Å². The average Bonchev–Trinajstić information content (AvgIpc) is 2.61. The molecule has 8 heteroatoms. The van der Waals surface area contributed by atoms with E-state index in [1.165, 1.54) is 12.1 Å². The van der Waals surface area contributed by atoms with E-state index in [0.29, 0.717) is 39.7 Å². The molecule has 0 aliphatic rings. The fourth-order valence-corrected chi connectivity index (χ4v) is 2.49. The molecule has 0 amide bonds. The fourth-order valence-electron chi connectivity index (χ4n) is 2.49. The Morgan fingerprint density at radius 1 is 1.04 bits per heavy atom. The van der Waals surface area contributed by atoms with Gasteiger partial charge in [0.2, 0.25) is 0 Å². The van der Waals surface area contributed by atoms with Gasteiger partial charge in [0, 0.05) is 29.3 Å². The number of benzene rings is 2. The summed E-state index contributed by atoms with van der Waals surface area (Å²) in [6, 6.07) is 9.83. The summed E-state index contributed by atoms with van der Waals surface area (Å²) in [5, 5.41) is 14.8. The van der Waals surface area contributed by atoms with Crippen LogP contribution >= 0.6 is 0 Å². The molecule has 0 radical (unpaired) electrons. The fraction of sp³-hybridized carbons (Fsp3) is 0.176. The molecular formula is C17H16N4O4. The largest absolute Gasteiger partial charge is 0.493 e. The number of fused-ring (bicyclic) bond motifs is 1. The van der Waals surface area contributed by atoms with Crippen molar-refractivity contribution in [3.63, 3.8) is 0 Å². The molecule has 128 valence electrons. The summed E-state index contributed by atoms with van der Waals surface area (Å²) < 4.78 is 10.5. The second kappa shape index (κ2) is 6.60. The number of rotatable bonds is 5. The Balaban J connectivity index is 2.08. The molecular weight excluding hydrogens is 324 g/mol. The van der Waals surface area contributed by atoms with Gasteiger partial charge < -0.3 is 14.8 Å². The summed E-state index contributed by atoms with van der Waals surface area (Å²) in [5.74, 6) is 2.21. The summed E-state index contributed by atoms with van der Waals surface area (Å²) in [6.45, 7) is 1.76. The van der Waals surface area contributed by atoms with Crippen LogP contribution in [0.3, 0.4) is 0 Å². The van der Waals surface area contributed by atoms with Crippen LogP contribution in [-0.4, -0.2) is 29.1 Å². The molecule has 0 fully saturated rings. The molecule has 8 nitrogen and oxygen atoms in total. The van der Waals surface area contributed by atoms with Gasteiger partial charge in [0.05, 0.1) is 24.7 Å². The zero-order valence-electron chi connectivity index (χ0n) is 13.9. The molecule has 1 N–H and O–H groups in total. The molecule has 25 heavy (non-hydrogen) atoms. The first kappa shape index (κ1) is 16.4. The summed E-state index contributed by atoms with van der Waals surface area (Å²) in [6.07, 6.45) is 0. The van der Waals surface area contributed by atoms with Crippen LogP contribution in [0.15, 0.2) is 36.4 Å². The highest BCUT2D eigenvalue weighted by Crippen LogP contribution is 2.32. The molecule has 0 saturated carbocycles. The van der Waals surface area contributed by atoms with E-state index in [9.17, 15) is 10.1 Å². The Bertz CT molecular complexity index is 959. The minimum Gasteiger partial charge on any atom is -0.493 e. The maximum atomic E-state index is 11.0. The van der Waals surface area contributed by atoms with E-state index >= 15 is 0 Å². The quantitative estimate of drug-likeness (QED) is 0.559. The second-order valence-electron chi connectivity index (χ2n) is 5.27. The Labute approximate surface area is 143 Å². The molecule has 1 heterocycles. The van der Waals surface area contributed by atoms with E-state index < -0.39 is 4.92 Å². The molecule has 0 saturated heterocycles. The van der Waals surface area contributed by atoms with Gasteiger partial charge in [0.25, 0.3) is 5.69 Å². The summed E-state index contributed by atoms with van der Waals surface area (Å²) in [7, 11) is 3.11. The summed E-state index contributed by atoms with van der Waals surface area (Å²) >= 11 is 0. The minimum atomic E-state index is -0.445. The van der Waals surface area contributed by atoms with E-state index in [1.807, 2.05) is 6.07 Å². The number of methoxy groups -OCH3 is 2. The first-order valence-electron chi connectivity index (χ1n) is 7.43. The van der Waals surface area contributed by atoms with Crippen LogP contribution in [0.4, 0.5) is 17.2 Å². The zero-order valence-corrected chi connectivity index (χ0v) is 13.9. The molecule has 0 bridgehead atoms. The van der Waals surface area contributed by atoms with E-state index in [0.717, 1.165) is 0 Å². The Morgan fingerprint density at radius 3 is 2.48 bits per heavy atom. The third kappa shape index (κ3) is 3.27. The molecule has 3 aromatic rings. The highest BCUT2D eigenvalue weighted by molar-refractivity contribution is 5.92. The number of aryl methyl sites for hydroxylation is 1. The van der Waals surface area contributed by atoms with Crippen molar-refractivity contribution in [3.05, 3.63) is 52.3 Å². The van der Waals surface area contributed by atoms with Gasteiger partial charge in [-0.15, -0.1) is 0 Å². The van der Waals surface area contributed by atoms with E-state index in [-0.39, 0.29) is 5.69 Å². The molecule has 2 aromatic carbocycles. The lowest BCUT2D eigenvalue weighted by Crippen LogP contribution is -2.00. The molecule has 0 atom stereocenters. The monoisotopic (exact) mass is 340 g/mol. The van der Waals surface area contributed by atoms with Gasteiger partial charge >= 0.3 is 0 Å². The lowest BCUT2D eigenvalue weighted by molar-refractivity contribution is -0.384. The van der Waals surface area contributed by atoms with Crippen molar-refractivity contribution >= 4 is 28.1 Å². The molecule has 0 unspecified atom stereocenters. The van der Waals surface area contributed by atoms with Crippen molar-refractivity contribution in [2.24, 2.45) is 0 Å². The zero-order chi connectivity index (χ0) is 18.0. The number of hydrogen-bond acceptors (Lipinski definition) is 7. The second-order valence-corrected chi connectivity index (χ2v) is 5.27. The minimum absolute atomic E-state index is 0.0182. The average molecular weight is 340 g/mol. The van der Waals surface area contributed by atoms with Crippen molar-refractivity contribution in [1.82, 2.24) is 9.97 Å². The molecule has 0 aliphatic carbocycles. The number of hydrogen-bond donors (Lipinski definition) is 1. The van der Waals surface area contributed by atoms with Gasteiger partial charge in [-0.1, -0.05) is 0 Å². The number of non-ortho nitro benzene ring substituents is 1. The van der Waals surface area contributed by atoms with Crippen molar-refractivity contribution in [3.8, 4) is 11.5 Å². The number of ether oxygens (including phenoxy) is 2. The van der Waals surface area contributed by atoms with Crippen LogP contribution in [0, 0.1) is 17.0 Å².